The van der Waals surface area contributed by atoms with E-state index in [0.717, 1.165) is 37.1 Å². The molecule has 0 bridgehead atoms. The van der Waals surface area contributed by atoms with E-state index in [4.69, 9.17) is 11.1 Å². The molecule has 1 fully saturated rings. The lowest BCUT2D eigenvalue weighted by atomic mass is 9.93. The molecular weight excluding hydrogens is 228 g/mol. The Morgan fingerprint density at radius 1 is 1.28 bits per heavy atom. The van der Waals surface area contributed by atoms with Crippen LogP contribution in [0.25, 0.3) is 0 Å². The maximum atomic E-state index is 9.47. The van der Waals surface area contributed by atoms with E-state index in [1.54, 1.807) is 12.1 Å². The van der Waals surface area contributed by atoms with Gasteiger partial charge in [0.1, 0.15) is 6.07 Å². The van der Waals surface area contributed by atoms with Gasteiger partial charge in [0.2, 0.25) is 0 Å². The number of aliphatic hydroxyl groups is 1. The number of nitriles is 1. The second kappa shape index (κ2) is 5.71. The number of hydrogen-bond acceptors (Lipinski definition) is 5. The highest BCUT2D eigenvalue weighted by atomic mass is 16.3. The summed E-state index contributed by atoms with van der Waals surface area (Å²) in [7, 11) is 0. The molecule has 1 aromatic carbocycles. The Hall–Kier alpha value is -1.77. The van der Waals surface area contributed by atoms with E-state index in [1.807, 2.05) is 6.07 Å². The number of nitrogen functional groups attached to an aromatic ring is 1. The summed E-state index contributed by atoms with van der Waals surface area (Å²) >= 11 is 0. The highest BCUT2D eigenvalue weighted by molar-refractivity contribution is 5.65. The van der Waals surface area contributed by atoms with Crippen LogP contribution in [0, 0.1) is 11.3 Å². The van der Waals surface area contributed by atoms with Crippen LogP contribution in [-0.4, -0.2) is 17.3 Å². The summed E-state index contributed by atoms with van der Waals surface area (Å²) < 4.78 is 0. The molecule has 5 N–H and O–H groups in total. The molecule has 1 aliphatic rings. The molecule has 0 saturated heterocycles. The average molecular weight is 246 g/mol. The molecule has 0 spiro atoms. The first-order chi connectivity index (χ1) is 8.72. The van der Waals surface area contributed by atoms with Crippen molar-refractivity contribution in [3.8, 4) is 6.07 Å². The van der Waals surface area contributed by atoms with Gasteiger partial charge in [0, 0.05) is 6.04 Å². The van der Waals surface area contributed by atoms with Gasteiger partial charge in [0.05, 0.1) is 23.0 Å². The van der Waals surface area contributed by atoms with Crippen LogP contribution in [0.5, 0.6) is 0 Å². The second-order valence-electron chi connectivity index (χ2n) is 4.67. The van der Waals surface area contributed by atoms with Crippen LogP contribution in [0.15, 0.2) is 18.2 Å². The van der Waals surface area contributed by atoms with Crippen molar-refractivity contribution < 1.29 is 5.11 Å². The highest BCUT2D eigenvalue weighted by Crippen LogP contribution is 2.25. The molecular formula is C13H18N4O. The Morgan fingerprint density at radius 3 is 2.61 bits per heavy atom. The average Bonchev–Trinajstić information content (AvgIpc) is 2.41. The van der Waals surface area contributed by atoms with Crippen LogP contribution in [0.4, 0.5) is 11.4 Å². The molecule has 0 heterocycles. The molecule has 0 atom stereocenters. The van der Waals surface area contributed by atoms with Crippen molar-refractivity contribution in [3.63, 3.8) is 0 Å². The molecule has 0 aliphatic heterocycles. The third kappa shape index (κ3) is 2.92. The van der Waals surface area contributed by atoms with Gasteiger partial charge in [-0.1, -0.05) is 0 Å². The summed E-state index contributed by atoms with van der Waals surface area (Å²) in [4.78, 5) is 0. The van der Waals surface area contributed by atoms with E-state index < -0.39 is 0 Å². The zero-order valence-corrected chi connectivity index (χ0v) is 10.2. The van der Waals surface area contributed by atoms with Crippen molar-refractivity contribution in [1.29, 1.82) is 5.26 Å². The Kier molecular flexibility index (Phi) is 4.03. The molecule has 0 radical (unpaired) electrons. The van der Waals surface area contributed by atoms with E-state index >= 15 is 0 Å². The molecule has 18 heavy (non-hydrogen) atoms. The summed E-state index contributed by atoms with van der Waals surface area (Å²) in [6, 6.07) is 7.83. The first-order valence-electron chi connectivity index (χ1n) is 6.18. The quantitative estimate of drug-likeness (QED) is 0.479. The molecule has 0 aromatic heterocycles. The smallest absolute Gasteiger partial charge is 0.101 e. The third-order valence-corrected chi connectivity index (χ3v) is 3.36. The topological polar surface area (TPSA) is 94.1 Å². The second-order valence-corrected chi connectivity index (χ2v) is 4.67. The maximum Gasteiger partial charge on any atom is 0.101 e. The van der Waals surface area contributed by atoms with Crippen molar-refractivity contribution in [2.75, 3.05) is 10.7 Å². The fraction of sp³-hybridized carbons (Fsp3) is 0.462. The summed E-state index contributed by atoms with van der Waals surface area (Å²) in [6.45, 7) is 0. The molecule has 0 amide bonds. The van der Waals surface area contributed by atoms with Gasteiger partial charge in [0.25, 0.3) is 0 Å². The number of benzene rings is 1. The van der Waals surface area contributed by atoms with Gasteiger partial charge in [-0.15, -0.1) is 0 Å². The highest BCUT2D eigenvalue weighted by Gasteiger charge is 2.19. The lowest BCUT2D eigenvalue weighted by Gasteiger charge is -2.27. The molecule has 5 nitrogen and oxygen atoms in total. The molecule has 2 rings (SSSR count). The van der Waals surface area contributed by atoms with E-state index in [0.29, 0.717) is 11.6 Å². The first-order valence-corrected chi connectivity index (χ1v) is 6.18. The number of nitrogens with one attached hydrogen (secondary N) is 2. The summed E-state index contributed by atoms with van der Waals surface area (Å²) in [5.74, 6) is 5.37. The Labute approximate surface area is 107 Å². The van der Waals surface area contributed by atoms with Crippen LogP contribution in [-0.2, 0) is 0 Å². The summed E-state index contributed by atoms with van der Waals surface area (Å²) in [5.41, 5.74) is 4.76. The predicted octanol–water partition coefficient (Wildman–Crippen LogP) is 1.56. The number of hydrogen-bond donors (Lipinski definition) is 4. The number of anilines is 2. The van der Waals surface area contributed by atoms with Crippen molar-refractivity contribution in [2.45, 2.75) is 37.8 Å². The van der Waals surface area contributed by atoms with Crippen molar-refractivity contribution in [2.24, 2.45) is 5.84 Å². The Balaban J connectivity index is 2.10. The van der Waals surface area contributed by atoms with Gasteiger partial charge >= 0.3 is 0 Å². The van der Waals surface area contributed by atoms with Gasteiger partial charge in [-0.25, -0.2) is 0 Å². The van der Waals surface area contributed by atoms with Gasteiger partial charge < -0.3 is 15.8 Å². The lowest BCUT2D eigenvalue weighted by Crippen LogP contribution is -2.28. The fourth-order valence-corrected chi connectivity index (χ4v) is 2.29. The van der Waals surface area contributed by atoms with Crippen molar-refractivity contribution in [3.05, 3.63) is 23.8 Å². The molecule has 1 saturated carbocycles. The standard InChI is InChI=1S/C13H18N4O/c14-8-9-1-2-11(17-15)7-13(9)16-10-3-5-12(18)6-4-10/h1-2,7,10,12,16-18H,3-6,15H2/t10-,12-. The first kappa shape index (κ1) is 12.7. The predicted molar refractivity (Wildman–Crippen MR) is 70.9 cm³/mol. The molecule has 1 aromatic rings. The molecule has 96 valence electrons. The third-order valence-electron chi connectivity index (χ3n) is 3.36. The number of nitrogens with two attached hydrogens (primary N) is 1. The summed E-state index contributed by atoms with van der Waals surface area (Å²) in [6.07, 6.45) is 3.30. The minimum absolute atomic E-state index is 0.171. The van der Waals surface area contributed by atoms with Gasteiger partial charge in [-0.2, -0.15) is 5.26 Å². The zero-order chi connectivity index (χ0) is 13.0. The van der Waals surface area contributed by atoms with Crippen LogP contribution in [0.2, 0.25) is 0 Å². The normalized spacial score (nSPS) is 23.2. The van der Waals surface area contributed by atoms with E-state index in [1.165, 1.54) is 0 Å². The van der Waals surface area contributed by atoms with Gasteiger partial charge in [-0.05, 0) is 43.9 Å². The molecule has 1 aliphatic carbocycles. The minimum Gasteiger partial charge on any atom is -0.393 e. The van der Waals surface area contributed by atoms with E-state index in [2.05, 4.69) is 16.8 Å². The molecule has 5 heteroatoms. The van der Waals surface area contributed by atoms with Gasteiger partial charge in [-0.3, -0.25) is 5.84 Å². The fourth-order valence-electron chi connectivity index (χ4n) is 2.29. The number of rotatable bonds is 3. The van der Waals surface area contributed by atoms with Crippen LogP contribution >= 0.6 is 0 Å². The number of nitrogens with zero attached hydrogens (tertiary/aromatic N) is 1. The molecule has 0 unspecified atom stereocenters. The zero-order valence-electron chi connectivity index (χ0n) is 10.2. The van der Waals surface area contributed by atoms with Gasteiger partial charge in [0.15, 0.2) is 0 Å². The number of hydrazine groups is 1. The van der Waals surface area contributed by atoms with Crippen molar-refractivity contribution in [1.82, 2.24) is 0 Å². The largest absolute Gasteiger partial charge is 0.393 e. The maximum absolute atomic E-state index is 9.47. The number of aliphatic hydroxyl groups excluding tert-OH is 1. The van der Waals surface area contributed by atoms with E-state index in [9.17, 15) is 5.11 Å². The van der Waals surface area contributed by atoms with Crippen LogP contribution < -0.4 is 16.6 Å². The van der Waals surface area contributed by atoms with Crippen LogP contribution in [0.1, 0.15) is 31.2 Å². The van der Waals surface area contributed by atoms with Crippen molar-refractivity contribution >= 4 is 11.4 Å². The van der Waals surface area contributed by atoms with Crippen LogP contribution in [0.3, 0.4) is 0 Å². The van der Waals surface area contributed by atoms with E-state index in [-0.39, 0.29) is 6.10 Å². The monoisotopic (exact) mass is 246 g/mol. The lowest BCUT2D eigenvalue weighted by molar-refractivity contribution is 0.126. The Bertz CT molecular complexity index is 447. The SMILES string of the molecule is N#Cc1ccc(NN)cc1N[C@H]1CC[C@H](O)CC1. The Morgan fingerprint density at radius 2 is 2.00 bits per heavy atom. The summed E-state index contributed by atoms with van der Waals surface area (Å²) in [5, 5.41) is 21.9. The minimum atomic E-state index is -0.171.